The van der Waals surface area contributed by atoms with Crippen LogP contribution in [0.3, 0.4) is 0 Å². The first kappa shape index (κ1) is 33.7. The summed E-state index contributed by atoms with van der Waals surface area (Å²) in [6.07, 6.45) is -1.12. The van der Waals surface area contributed by atoms with Gasteiger partial charge < -0.3 is 9.67 Å². The van der Waals surface area contributed by atoms with Gasteiger partial charge in [0.2, 0.25) is 10.0 Å². The van der Waals surface area contributed by atoms with Crippen LogP contribution >= 0.6 is 0 Å². The molecule has 0 aliphatic carbocycles. The molecule has 2 heterocycles. The predicted molar refractivity (Wildman–Crippen MR) is 176 cm³/mol. The highest BCUT2D eigenvalue weighted by Crippen LogP contribution is 2.38. The summed E-state index contributed by atoms with van der Waals surface area (Å²) in [6.45, 7) is 4.57. The van der Waals surface area contributed by atoms with Crippen molar-refractivity contribution in [2.45, 2.75) is 77.1 Å². The molecule has 0 radical (unpaired) electrons. The number of alkyl halides is 3. The van der Waals surface area contributed by atoms with Gasteiger partial charge in [-0.2, -0.15) is 13.2 Å². The number of carbonyl (C=O) groups is 1. The maximum Gasteiger partial charge on any atom is 0.416 e. The molecule has 0 saturated carbocycles. The number of carbonyl (C=O) groups excluding carboxylic acids is 1. The summed E-state index contributed by atoms with van der Waals surface area (Å²) in [6, 6.07) is 18.4. The fourth-order valence-corrected chi connectivity index (χ4v) is 7.87. The van der Waals surface area contributed by atoms with Crippen LogP contribution in [0.25, 0.3) is 10.9 Å². The van der Waals surface area contributed by atoms with Crippen molar-refractivity contribution in [3.63, 3.8) is 0 Å². The maximum absolute atomic E-state index is 14.0. The van der Waals surface area contributed by atoms with E-state index in [0.717, 1.165) is 28.1 Å². The maximum atomic E-state index is 14.0. The van der Waals surface area contributed by atoms with Crippen molar-refractivity contribution >= 4 is 32.4 Å². The van der Waals surface area contributed by atoms with Gasteiger partial charge in [-0.3, -0.25) is 9.10 Å². The monoisotopic (exact) mass is 654 g/mol. The van der Waals surface area contributed by atoms with Crippen LogP contribution in [0.2, 0.25) is 0 Å². The van der Waals surface area contributed by atoms with E-state index in [-0.39, 0.29) is 23.9 Å². The smallest absolute Gasteiger partial charge is 0.393 e. The molecule has 1 aliphatic rings. The van der Waals surface area contributed by atoms with E-state index in [2.05, 4.69) is 0 Å². The number of aliphatic hydroxyl groups excluding tert-OH is 1. The normalized spacial score (nSPS) is 16.6. The molecular formula is C36H41F3N2O4S. The molecule has 3 atom stereocenters. The van der Waals surface area contributed by atoms with E-state index in [9.17, 15) is 31.5 Å². The second-order valence-electron chi connectivity index (χ2n) is 12.3. The van der Waals surface area contributed by atoms with Crippen LogP contribution in [0.1, 0.15) is 78.1 Å². The Morgan fingerprint density at radius 3 is 2.41 bits per heavy atom. The Bertz CT molecular complexity index is 1800. The lowest BCUT2D eigenvalue weighted by molar-refractivity contribution is -0.137. The third-order valence-corrected chi connectivity index (χ3v) is 11.2. The summed E-state index contributed by atoms with van der Waals surface area (Å²) in [7, 11) is -2.04. The van der Waals surface area contributed by atoms with Gasteiger partial charge in [-0.25, -0.2) is 8.42 Å². The average molecular weight is 655 g/mol. The van der Waals surface area contributed by atoms with Gasteiger partial charge in [-0.1, -0.05) is 55.5 Å². The van der Waals surface area contributed by atoms with Crippen LogP contribution in [-0.4, -0.2) is 42.8 Å². The van der Waals surface area contributed by atoms with Crippen LogP contribution < -0.4 is 4.31 Å². The summed E-state index contributed by atoms with van der Waals surface area (Å²) in [4.78, 5) is 14.0. The second-order valence-corrected chi connectivity index (χ2v) is 14.4. The quantitative estimate of drug-likeness (QED) is 0.158. The van der Waals surface area contributed by atoms with E-state index in [0.29, 0.717) is 55.5 Å². The lowest BCUT2D eigenvalue weighted by atomic mass is 9.83. The van der Waals surface area contributed by atoms with E-state index in [1.165, 1.54) is 23.5 Å². The van der Waals surface area contributed by atoms with Crippen molar-refractivity contribution in [2.24, 2.45) is 5.92 Å². The van der Waals surface area contributed by atoms with Gasteiger partial charge >= 0.3 is 6.18 Å². The molecule has 10 heteroatoms. The number of hydrogen-bond acceptors (Lipinski definition) is 4. The Labute approximate surface area is 268 Å². The van der Waals surface area contributed by atoms with Gasteiger partial charge in [0.15, 0.2) is 5.78 Å². The van der Waals surface area contributed by atoms with Gasteiger partial charge in [0.1, 0.15) is 0 Å². The Hall–Kier alpha value is -3.63. The van der Waals surface area contributed by atoms with Gasteiger partial charge in [0, 0.05) is 37.2 Å². The zero-order valence-electron chi connectivity index (χ0n) is 26.4. The summed E-state index contributed by atoms with van der Waals surface area (Å²) >= 11 is 0. The molecule has 0 fully saturated rings. The number of hydrogen-bond donors (Lipinski definition) is 1. The molecule has 1 aromatic heterocycles. The number of aromatic nitrogens is 1. The molecular weight excluding hydrogens is 613 g/mol. The highest BCUT2D eigenvalue weighted by atomic mass is 32.2. The lowest BCUT2D eigenvalue weighted by Crippen LogP contribution is -2.29. The minimum absolute atomic E-state index is 0.0190. The topological polar surface area (TPSA) is 79.6 Å². The molecule has 0 amide bonds. The second kappa shape index (κ2) is 13.6. The first-order chi connectivity index (χ1) is 21.8. The number of benzene rings is 3. The predicted octanol–water partition coefficient (Wildman–Crippen LogP) is 7.77. The number of anilines is 1. The van der Waals surface area contributed by atoms with Crippen LogP contribution in [0.15, 0.2) is 72.9 Å². The van der Waals surface area contributed by atoms with E-state index in [1.807, 2.05) is 61.0 Å². The number of halogens is 3. The van der Waals surface area contributed by atoms with E-state index in [4.69, 9.17) is 0 Å². The zero-order valence-corrected chi connectivity index (χ0v) is 27.2. The van der Waals surface area contributed by atoms with Gasteiger partial charge in [-0.15, -0.1) is 0 Å². The average Bonchev–Trinajstić information content (AvgIpc) is 3.36. The molecule has 4 aromatic rings. The van der Waals surface area contributed by atoms with Crippen molar-refractivity contribution in [3.05, 3.63) is 101 Å². The standard InChI is InChI=1S/C36H41F3N2O4S/c1-4-25(26-12-9-13-30(19-26)36(37,38)39)14-15-33(42)28(18-24-10-7-6-8-11-24)22-34(43)29-20-31-35-27(16-17-46(44,45)40(31)3)23-41(5-2)32(35)21-29/h6-13,19-21,23,25,28,33,42H,4-5,14-18,22H2,1-3H3/t25-,28+,33+/m0/s1. The Kier molecular flexibility index (Phi) is 9.98. The third kappa shape index (κ3) is 7.18. The van der Waals surface area contributed by atoms with E-state index < -0.39 is 33.8 Å². The molecule has 1 aliphatic heterocycles. The first-order valence-corrected chi connectivity index (χ1v) is 17.5. The number of ketones is 1. The molecule has 0 saturated heterocycles. The number of nitrogens with zero attached hydrogens (tertiary/aromatic N) is 2. The Morgan fingerprint density at radius 1 is 1.00 bits per heavy atom. The fourth-order valence-electron chi connectivity index (χ4n) is 6.68. The number of Topliss-reactive ketones (excluding diaryl/α,β-unsaturated/α-hetero) is 1. The molecule has 0 spiro atoms. The molecule has 3 aromatic carbocycles. The van der Waals surface area contributed by atoms with Gasteiger partial charge in [0.05, 0.1) is 28.6 Å². The molecule has 6 nitrogen and oxygen atoms in total. The largest absolute Gasteiger partial charge is 0.416 e. The van der Waals surface area contributed by atoms with Crippen molar-refractivity contribution in [3.8, 4) is 0 Å². The SMILES string of the molecule is CC[C@@H](CC[C@@H](O)[C@@H](CC(=O)c1cc2c3c(cn(CC)c3c1)CCS(=O)(=O)N2C)Cc1ccccc1)c1cccc(C(F)(F)F)c1. The van der Waals surface area contributed by atoms with Gasteiger partial charge in [0.25, 0.3) is 0 Å². The highest BCUT2D eigenvalue weighted by molar-refractivity contribution is 7.92. The number of rotatable bonds is 12. The van der Waals surface area contributed by atoms with Crippen LogP contribution in [0.5, 0.6) is 0 Å². The molecule has 0 bridgehead atoms. The fraction of sp³-hybridized carbons (Fsp3) is 0.417. The van der Waals surface area contributed by atoms with E-state index >= 15 is 0 Å². The van der Waals surface area contributed by atoms with Crippen LogP contribution in [0.4, 0.5) is 18.9 Å². The Balaban J connectivity index is 1.42. The minimum Gasteiger partial charge on any atom is -0.393 e. The minimum atomic E-state index is -4.44. The van der Waals surface area contributed by atoms with Crippen molar-refractivity contribution in [1.82, 2.24) is 4.57 Å². The van der Waals surface area contributed by atoms with Crippen LogP contribution in [0, 0.1) is 5.92 Å². The summed E-state index contributed by atoms with van der Waals surface area (Å²) < 4.78 is 69.4. The van der Waals surface area contributed by atoms with Crippen molar-refractivity contribution in [2.75, 3.05) is 17.1 Å². The molecule has 46 heavy (non-hydrogen) atoms. The van der Waals surface area contributed by atoms with Gasteiger partial charge in [-0.05, 0) is 85.8 Å². The number of aliphatic hydroxyl groups is 1. The van der Waals surface area contributed by atoms with E-state index in [1.54, 1.807) is 12.1 Å². The summed E-state index contributed by atoms with van der Waals surface area (Å²) in [5.41, 5.74) is 3.44. The number of aryl methyl sites for hydroxylation is 2. The molecule has 5 rings (SSSR count). The summed E-state index contributed by atoms with van der Waals surface area (Å²) in [5.74, 6) is -0.866. The zero-order chi connectivity index (χ0) is 33.2. The lowest BCUT2D eigenvalue weighted by Gasteiger charge is -2.25. The molecule has 0 unspecified atom stereocenters. The highest BCUT2D eigenvalue weighted by Gasteiger charge is 2.32. The molecule has 246 valence electrons. The summed E-state index contributed by atoms with van der Waals surface area (Å²) in [5, 5.41) is 12.4. The van der Waals surface area contributed by atoms with Crippen LogP contribution in [-0.2, 0) is 35.6 Å². The Morgan fingerprint density at radius 2 is 1.74 bits per heavy atom. The first-order valence-electron chi connectivity index (χ1n) is 15.9. The molecule has 1 N–H and O–H groups in total. The third-order valence-electron chi connectivity index (χ3n) is 9.41. The van der Waals surface area contributed by atoms with Crippen molar-refractivity contribution in [1.29, 1.82) is 0 Å². The number of sulfonamides is 1. The van der Waals surface area contributed by atoms with Crippen molar-refractivity contribution < 1.29 is 31.5 Å².